The molecule has 0 saturated carbocycles. The lowest BCUT2D eigenvalue weighted by Gasteiger charge is -2.13. The smallest absolute Gasteiger partial charge is 0.376 e. The second-order valence-corrected chi connectivity index (χ2v) is 6.52. The SMILES string of the molecule is CC(C)c1ccc(NC(=O)CNc2ccccc2C(=O)NCC(F)(F)F)cc1. The standard InChI is InChI=1S/C20H22F3N3O2/c1-13(2)14-7-9-15(10-8-14)26-18(27)11-24-17-6-4-3-5-16(17)19(28)25-12-20(21,22)23/h3-10,13,24H,11-12H2,1-2H3,(H,25,28)(H,26,27). The van der Waals surface area contributed by atoms with E-state index in [0.717, 1.165) is 5.56 Å². The zero-order valence-corrected chi connectivity index (χ0v) is 15.6. The van der Waals surface area contributed by atoms with Gasteiger partial charge in [0.25, 0.3) is 5.91 Å². The van der Waals surface area contributed by atoms with Crippen LogP contribution in [0.15, 0.2) is 48.5 Å². The number of rotatable bonds is 7. The van der Waals surface area contributed by atoms with Crippen molar-refractivity contribution < 1.29 is 22.8 Å². The Labute approximate surface area is 161 Å². The maximum absolute atomic E-state index is 12.3. The molecule has 2 aromatic carbocycles. The first-order valence-corrected chi connectivity index (χ1v) is 8.73. The van der Waals surface area contributed by atoms with E-state index in [1.807, 2.05) is 17.4 Å². The third-order valence-corrected chi connectivity index (χ3v) is 3.92. The van der Waals surface area contributed by atoms with Gasteiger partial charge in [-0.2, -0.15) is 13.2 Å². The molecule has 0 aromatic heterocycles. The molecule has 0 bridgehead atoms. The van der Waals surface area contributed by atoms with Crippen LogP contribution in [0.5, 0.6) is 0 Å². The van der Waals surface area contributed by atoms with Gasteiger partial charge in [-0.25, -0.2) is 0 Å². The number of hydrogen-bond donors (Lipinski definition) is 3. The summed E-state index contributed by atoms with van der Waals surface area (Å²) >= 11 is 0. The summed E-state index contributed by atoms with van der Waals surface area (Å²) in [4.78, 5) is 24.1. The van der Waals surface area contributed by atoms with Crippen molar-refractivity contribution in [3.63, 3.8) is 0 Å². The Balaban J connectivity index is 1.95. The number of halogens is 3. The average molecular weight is 393 g/mol. The van der Waals surface area contributed by atoms with Gasteiger partial charge in [-0.15, -0.1) is 0 Å². The van der Waals surface area contributed by atoms with E-state index in [2.05, 4.69) is 24.5 Å². The van der Waals surface area contributed by atoms with Crippen molar-refractivity contribution in [1.82, 2.24) is 5.32 Å². The highest BCUT2D eigenvalue weighted by molar-refractivity contribution is 6.00. The summed E-state index contributed by atoms with van der Waals surface area (Å²) in [6, 6.07) is 13.5. The number of amides is 2. The van der Waals surface area contributed by atoms with Crippen LogP contribution < -0.4 is 16.0 Å². The Morgan fingerprint density at radius 1 is 1.00 bits per heavy atom. The first-order valence-electron chi connectivity index (χ1n) is 8.73. The molecule has 8 heteroatoms. The van der Waals surface area contributed by atoms with Crippen LogP contribution in [0.3, 0.4) is 0 Å². The molecule has 0 atom stereocenters. The van der Waals surface area contributed by atoms with E-state index >= 15 is 0 Å². The number of benzene rings is 2. The number of nitrogens with one attached hydrogen (secondary N) is 3. The van der Waals surface area contributed by atoms with Crippen molar-refractivity contribution in [2.45, 2.75) is 25.9 Å². The number of hydrogen-bond acceptors (Lipinski definition) is 3. The van der Waals surface area contributed by atoms with E-state index < -0.39 is 18.6 Å². The quantitative estimate of drug-likeness (QED) is 0.662. The summed E-state index contributed by atoms with van der Waals surface area (Å²) in [5, 5.41) is 7.32. The number of anilines is 2. The van der Waals surface area contributed by atoms with Crippen LogP contribution in [0.4, 0.5) is 24.5 Å². The molecule has 0 radical (unpaired) electrons. The minimum absolute atomic E-state index is 0.0286. The molecule has 150 valence electrons. The third-order valence-electron chi connectivity index (χ3n) is 3.92. The summed E-state index contributed by atoms with van der Waals surface area (Å²) in [6.07, 6.45) is -4.50. The predicted octanol–water partition coefficient (Wildman–Crippen LogP) is 4.15. The lowest BCUT2D eigenvalue weighted by atomic mass is 10.0. The van der Waals surface area contributed by atoms with Gasteiger partial charge in [0.1, 0.15) is 6.54 Å². The molecule has 0 aliphatic carbocycles. The molecule has 0 fully saturated rings. The fraction of sp³-hybridized carbons (Fsp3) is 0.300. The highest BCUT2D eigenvalue weighted by Gasteiger charge is 2.28. The third kappa shape index (κ3) is 6.61. The second kappa shape index (κ2) is 9.25. The van der Waals surface area contributed by atoms with Gasteiger partial charge in [0.05, 0.1) is 12.1 Å². The fourth-order valence-electron chi connectivity index (χ4n) is 2.44. The van der Waals surface area contributed by atoms with E-state index in [4.69, 9.17) is 0 Å². The van der Waals surface area contributed by atoms with Crippen molar-refractivity contribution in [2.75, 3.05) is 23.7 Å². The van der Waals surface area contributed by atoms with Crippen molar-refractivity contribution in [1.29, 1.82) is 0 Å². The summed E-state index contributed by atoms with van der Waals surface area (Å²) in [5.41, 5.74) is 2.08. The summed E-state index contributed by atoms with van der Waals surface area (Å²) < 4.78 is 36.8. The summed E-state index contributed by atoms with van der Waals surface area (Å²) in [7, 11) is 0. The molecule has 0 heterocycles. The molecule has 0 aliphatic rings. The minimum atomic E-state index is -4.50. The molecule has 0 saturated heterocycles. The van der Waals surface area contributed by atoms with Gasteiger partial charge in [0.2, 0.25) is 5.91 Å². The minimum Gasteiger partial charge on any atom is -0.376 e. The molecule has 3 N–H and O–H groups in total. The lowest BCUT2D eigenvalue weighted by molar-refractivity contribution is -0.123. The van der Waals surface area contributed by atoms with Gasteiger partial charge in [-0.05, 0) is 35.7 Å². The lowest BCUT2D eigenvalue weighted by Crippen LogP contribution is -2.34. The molecule has 2 amide bonds. The molecule has 2 aromatic rings. The first kappa shape index (κ1) is 21.3. The van der Waals surface area contributed by atoms with Gasteiger partial charge in [-0.3, -0.25) is 9.59 Å². The Morgan fingerprint density at radius 3 is 2.25 bits per heavy atom. The molecule has 2 rings (SSSR count). The average Bonchev–Trinajstić information content (AvgIpc) is 2.64. The number of alkyl halides is 3. The van der Waals surface area contributed by atoms with Crippen molar-refractivity contribution in [3.8, 4) is 0 Å². The number of para-hydroxylation sites is 1. The van der Waals surface area contributed by atoms with Gasteiger partial charge >= 0.3 is 6.18 Å². The second-order valence-electron chi connectivity index (χ2n) is 6.52. The van der Waals surface area contributed by atoms with Crippen LogP contribution in [-0.2, 0) is 4.79 Å². The molecule has 0 aliphatic heterocycles. The normalized spacial score (nSPS) is 11.2. The Bertz CT molecular complexity index is 818. The number of carbonyl (C=O) groups excluding carboxylic acids is 2. The van der Waals surface area contributed by atoms with E-state index in [-0.39, 0.29) is 23.7 Å². The monoisotopic (exact) mass is 393 g/mol. The van der Waals surface area contributed by atoms with E-state index in [1.165, 1.54) is 18.2 Å². The van der Waals surface area contributed by atoms with Crippen LogP contribution in [0.2, 0.25) is 0 Å². The zero-order chi connectivity index (χ0) is 20.7. The molecule has 0 spiro atoms. The highest BCUT2D eigenvalue weighted by atomic mass is 19.4. The maximum atomic E-state index is 12.3. The molecular formula is C20H22F3N3O2. The first-order chi connectivity index (χ1) is 13.2. The summed E-state index contributed by atoms with van der Waals surface area (Å²) in [6.45, 7) is 2.57. The van der Waals surface area contributed by atoms with Crippen molar-refractivity contribution in [2.24, 2.45) is 0 Å². The van der Waals surface area contributed by atoms with Gasteiger partial charge in [0, 0.05) is 11.4 Å². The zero-order valence-electron chi connectivity index (χ0n) is 15.6. The number of carbonyl (C=O) groups is 2. The molecular weight excluding hydrogens is 371 g/mol. The summed E-state index contributed by atoms with van der Waals surface area (Å²) in [5.74, 6) is -0.834. The molecule has 28 heavy (non-hydrogen) atoms. The fourth-order valence-corrected chi connectivity index (χ4v) is 2.44. The Kier molecular flexibility index (Phi) is 7.03. The van der Waals surface area contributed by atoms with E-state index in [9.17, 15) is 22.8 Å². The topological polar surface area (TPSA) is 70.2 Å². The maximum Gasteiger partial charge on any atom is 0.405 e. The predicted molar refractivity (Wildman–Crippen MR) is 102 cm³/mol. The van der Waals surface area contributed by atoms with Gasteiger partial charge in [-0.1, -0.05) is 38.1 Å². The van der Waals surface area contributed by atoms with E-state index in [1.54, 1.807) is 18.2 Å². The van der Waals surface area contributed by atoms with Crippen LogP contribution >= 0.6 is 0 Å². The van der Waals surface area contributed by atoms with Crippen LogP contribution in [-0.4, -0.2) is 31.1 Å². The Morgan fingerprint density at radius 2 is 1.64 bits per heavy atom. The van der Waals surface area contributed by atoms with Crippen molar-refractivity contribution in [3.05, 3.63) is 59.7 Å². The van der Waals surface area contributed by atoms with Gasteiger partial charge < -0.3 is 16.0 Å². The molecule has 5 nitrogen and oxygen atoms in total. The largest absolute Gasteiger partial charge is 0.405 e. The molecule has 0 unspecified atom stereocenters. The van der Waals surface area contributed by atoms with E-state index in [0.29, 0.717) is 11.6 Å². The van der Waals surface area contributed by atoms with Gasteiger partial charge in [0.15, 0.2) is 0 Å². The van der Waals surface area contributed by atoms with Crippen LogP contribution in [0.25, 0.3) is 0 Å². The van der Waals surface area contributed by atoms with Crippen LogP contribution in [0, 0.1) is 0 Å². The van der Waals surface area contributed by atoms with Crippen molar-refractivity contribution >= 4 is 23.2 Å². The Hall–Kier alpha value is -3.03. The van der Waals surface area contributed by atoms with Crippen LogP contribution in [0.1, 0.15) is 35.7 Å². The highest BCUT2D eigenvalue weighted by Crippen LogP contribution is 2.18.